The Kier molecular flexibility index (Phi) is 6.36. The summed E-state index contributed by atoms with van der Waals surface area (Å²) in [6.45, 7) is 9.42. The van der Waals surface area contributed by atoms with Crippen LogP contribution in [0.1, 0.15) is 29.9 Å². The molecule has 6 nitrogen and oxygen atoms in total. The fourth-order valence-corrected chi connectivity index (χ4v) is 2.39. The molecule has 1 aromatic carbocycles. The SMILES string of the molecule is C=C(C)COc1ccc(Cl)cc1CN(CC)c1ccc(C(N)=O)nn1. The van der Waals surface area contributed by atoms with Gasteiger partial charge in [-0.25, -0.2) is 0 Å². The van der Waals surface area contributed by atoms with E-state index in [1.807, 2.05) is 30.9 Å². The van der Waals surface area contributed by atoms with Crippen LogP contribution in [0.2, 0.25) is 5.02 Å². The highest BCUT2D eigenvalue weighted by molar-refractivity contribution is 6.30. The Balaban J connectivity index is 2.24. The maximum atomic E-state index is 11.1. The lowest BCUT2D eigenvalue weighted by Crippen LogP contribution is -2.24. The second-order valence-corrected chi connectivity index (χ2v) is 6.09. The topological polar surface area (TPSA) is 81.3 Å². The number of carbonyl (C=O) groups is 1. The number of benzene rings is 1. The molecule has 132 valence electrons. The van der Waals surface area contributed by atoms with Gasteiger partial charge in [-0.2, -0.15) is 0 Å². The number of nitrogens with zero attached hydrogens (tertiary/aromatic N) is 3. The fraction of sp³-hybridized carbons (Fsp3) is 0.278. The average Bonchev–Trinajstić information content (AvgIpc) is 2.58. The van der Waals surface area contributed by atoms with Crippen LogP contribution in [0, 0.1) is 0 Å². The molecule has 0 aliphatic carbocycles. The summed E-state index contributed by atoms with van der Waals surface area (Å²) in [6, 6.07) is 8.77. The van der Waals surface area contributed by atoms with Crippen molar-refractivity contribution >= 4 is 23.3 Å². The fourth-order valence-electron chi connectivity index (χ4n) is 2.20. The van der Waals surface area contributed by atoms with Gasteiger partial charge in [0.1, 0.15) is 12.4 Å². The van der Waals surface area contributed by atoms with E-state index in [2.05, 4.69) is 16.8 Å². The minimum Gasteiger partial charge on any atom is -0.489 e. The molecule has 1 aromatic heterocycles. The largest absolute Gasteiger partial charge is 0.489 e. The van der Waals surface area contributed by atoms with Gasteiger partial charge in [0.25, 0.3) is 5.91 Å². The van der Waals surface area contributed by atoms with Crippen LogP contribution in [-0.2, 0) is 6.54 Å². The van der Waals surface area contributed by atoms with Crippen LogP contribution in [0.25, 0.3) is 0 Å². The van der Waals surface area contributed by atoms with Gasteiger partial charge in [0.2, 0.25) is 0 Å². The molecule has 0 atom stereocenters. The van der Waals surface area contributed by atoms with Gasteiger partial charge < -0.3 is 15.4 Å². The van der Waals surface area contributed by atoms with E-state index in [1.165, 1.54) is 0 Å². The lowest BCUT2D eigenvalue weighted by Gasteiger charge is -2.23. The number of anilines is 1. The zero-order chi connectivity index (χ0) is 18.4. The molecule has 2 N–H and O–H groups in total. The summed E-state index contributed by atoms with van der Waals surface area (Å²) < 4.78 is 5.80. The van der Waals surface area contributed by atoms with Gasteiger partial charge in [-0.15, -0.1) is 10.2 Å². The molecule has 0 unspecified atom stereocenters. The zero-order valence-corrected chi connectivity index (χ0v) is 15.1. The van der Waals surface area contributed by atoms with E-state index in [1.54, 1.807) is 18.2 Å². The molecular weight excluding hydrogens is 340 g/mol. The number of amides is 1. The highest BCUT2D eigenvalue weighted by atomic mass is 35.5. The molecule has 0 saturated carbocycles. The van der Waals surface area contributed by atoms with Gasteiger partial charge >= 0.3 is 0 Å². The number of halogens is 1. The predicted molar refractivity (Wildman–Crippen MR) is 99.0 cm³/mol. The summed E-state index contributed by atoms with van der Waals surface area (Å²) in [5.41, 5.74) is 7.19. The van der Waals surface area contributed by atoms with Crippen LogP contribution in [0.4, 0.5) is 5.82 Å². The summed E-state index contributed by atoms with van der Waals surface area (Å²) in [5, 5.41) is 8.56. The van der Waals surface area contributed by atoms with E-state index in [-0.39, 0.29) is 5.69 Å². The Bertz CT molecular complexity index is 762. The van der Waals surface area contributed by atoms with Crippen molar-refractivity contribution in [2.45, 2.75) is 20.4 Å². The van der Waals surface area contributed by atoms with E-state index in [9.17, 15) is 4.79 Å². The van der Waals surface area contributed by atoms with Gasteiger partial charge in [0, 0.05) is 23.7 Å². The number of hydrogen-bond donors (Lipinski definition) is 1. The minimum absolute atomic E-state index is 0.132. The lowest BCUT2D eigenvalue weighted by atomic mass is 10.2. The van der Waals surface area contributed by atoms with E-state index >= 15 is 0 Å². The molecule has 0 bridgehead atoms. The summed E-state index contributed by atoms with van der Waals surface area (Å²) in [6.07, 6.45) is 0. The Morgan fingerprint density at radius 2 is 2.08 bits per heavy atom. The average molecular weight is 361 g/mol. The molecule has 0 radical (unpaired) electrons. The minimum atomic E-state index is -0.604. The number of rotatable bonds is 8. The predicted octanol–water partition coefficient (Wildman–Crippen LogP) is 3.21. The first-order valence-corrected chi connectivity index (χ1v) is 8.22. The molecule has 0 saturated heterocycles. The Labute approximate surface area is 152 Å². The van der Waals surface area contributed by atoms with Crippen LogP contribution in [0.5, 0.6) is 5.75 Å². The Hall–Kier alpha value is -2.60. The maximum Gasteiger partial charge on any atom is 0.269 e. The zero-order valence-electron chi connectivity index (χ0n) is 14.3. The highest BCUT2D eigenvalue weighted by Gasteiger charge is 2.13. The van der Waals surface area contributed by atoms with Crippen LogP contribution in [0.15, 0.2) is 42.5 Å². The van der Waals surface area contributed by atoms with Crippen molar-refractivity contribution in [2.24, 2.45) is 5.73 Å². The summed E-state index contributed by atoms with van der Waals surface area (Å²) in [4.78, 5) is 13.1. The first-order chi connectivity index (χ1) is 11.9. The van der Waals surface area contributed by atoms with Gasteiger partial charge in [-0.05, 0) is 49.8 Å². The molecule has 2 aromatic rings. The second-order valence-electron chi connectivity index (χ2n) is 5.65. The molecular formula is C18H21ClN4O2. The monoisotopic (exact) mass is 360 g/mol. The third-order valence-corrected chi connectivity index (χ3v) is 3.70. The standard InChI is InChI=1S/C18H21ClN4O2/c1-4-23(17-8-6-15(18(20)24)21-22-17)10-13-9-14(19)5-7-16(13)25-11-12(2)3/h5-9H,2,4,10-11H2,1,3H3,(H2,20,24). The molecule has 0 aliphatic heterocycles. The second kappa shape index (κ2) is 8.48. The van der Waals surface area contributed by atoms with Gasteiger partial charge in [-0.3, -0.25) is 4.79 Å². The lowest BCUT2D eigenvalue weighted by molar-refractivity contribution is 0.0994. The number of ether oxygens (including phenoxy) is 1. The van der Waals surface area contributed by atoms with Crippen molar-refractivity contribution in [1.29, 1.82) is 0 Å². The third kappa shape index (κ3) is 5.19. The number of hydrogen-bond acceptors (Lipinski definition) is 5. The summed E-state index contributed by atoms with van der Waals surface area (Å²) in [7, 11) is 0. The number of primary amides is 1. The number of carbonyl (C=O) groups excluding carboxylic acids is 1. The molecule has 25 heavy (non-hydrogen) atoms. The van der Waals surface area contributed by atoms with Crippen LogP contribution in [0.3, 0.4) is 0 Å². The Morgan fingerprint density at radius 3 is 2.64 bits per heavy atom. The summed E-state index contributed by atoms with van der Waals surface area (Å²) in [5.74, 6) is 0.776. The van der Waals surface area contributed by atoms with E-state index in [0.717, 1.165) is 16.9 Å². The van der Waals surface area contributed by atoms with Crippen LogP contribution in [-0.4, -0.2) is 29.3 Å². The van der Waals surface area contributed by atoms with Gasteiger partial charge in [-0.1, -0.05) is 18.2 Å². The van der Waals surface area contributed by atoms with Crippen molar-refractivity contribution in [3.63, 3.8) is 0 Å². The quantitative estimate of drug-likeness (QED) is 0.731. The van der Waals surface area contributed by atoms with Crippen LogP contribution < -0.4 is 15.4 Å². The molecule has 2 rings (SSSR count). The van der Waals surface area contributed by atoms with E-state index < -0.39 is 5.91 Å². The molecule has 0 fully saturated rings. The third-order valence-electron chi connectivity index (χ3n) is 3.47. The van der Waals surface area contributed by atoms with Crippen LogP contribution >= 0.6 is 11.6 Å². The molecule has 1 amide bonds. The first-order valence-electron chi connectivity index (χ1n) is 7.84. The van der Waals surface area contributed by atoms with Gasteiger partial charge in [0.15, 0.2) is 11.5 Å². The molecule has 7 heteroatoms. The molecule has 0 aliphatic rings. The normalized spacial score (nSPS) is 10.4. The molecule has 0 spiro atoms. The summed E-state index contributed by atoms with van der Waals surface area (Å²) >= 11 is 6.14. The van der Waals surface area contributed by atoms with Crippen molar-refractivity contribution in [3.05, 3.63) is 58.8 Å². The van der Waals surface area contributed by atoms with Crippen molar-refractivity contribution in [3.8, 4) is 5.75 Å². The number of nitrogens with two attached hydrogens (primary N) is 1. The smallest absolute Gasteiger partial charge is 0.269 e. The molecule has 1 heterocycles. The highest BCUT2D eigenvalue weighted by Crippen LogP contribution is 2.26. The van der Waals surface area contributed by atoms with E-state index in [0.29, 0.717) is 30.5 Å². The number of aromatic nitrogens is 2. The van der Waals surface area contributed by atoms with E-state index in [4.69, 9.17) is 22.1 Å². The van der Waals surface area contributed by atoms with Crippen molar-refractivity contribution in [1.82, 2.24) is 10.2 Å². The van der Waals surface area contributed by atoms with Crippen molar-refractivity contribution < 1.29 is 9.53 Å². The first kappa shape index (κ1) is 18.7. The van der Waals surface area contributed by atoms with Crippen molar-refractivity contribution in [2.75, 3.05) is 18.1 Å². The van der Waals surface area contributed by atoms with Gasteiger partial charge in [0.05, 0.1) is 0 Å². The maximum absolute atomic E-state index is 11.1. The Morgan fingerprint density at radius 1 is 1.32 bits per heavy atom.